The van der Waals surface area contributed by atoms with Crippen LogP contribution in [0.25, 0.3) is 0 Å². The van der Waals surface area contributed by atoms with Gasteiger partial charge in [-0.25, -0.2) is 0 Å². The molecule has 7 heteroatoms. The number of piperidine rings is 1. The van der Waals surface area contributed by atoms with Crippen LogP contribution in [0.4, 0.5) is 0 Å². The molecule has 1 atom stereocenters. The minimum absolute atomic E-state index is 0. The Morgan fingerprint density at radius 3 is 2.36 bits per heavy atom. The average molecular weight is 461 g/mol. The first-order chi connectivity index (χ1) is 11.7. The number of nitrogens with zero attached hydrogens (tertiary/aromatic N) is 4. The van der Waals surface area contributed by atoms with E-state index in [1.807, 2.05) is 11.9 Å². The van der Waals surface area contributed by atoms with E-state index in [9.17, 15) is 4.79 Å². The molecule has 142 valence electrons. The molecule has 3 heterocycles. The fraction of sp³-hybridized carbons (Fsp3) is 0.778. The van der Waals surface area contributed by atoms with Gasteiger partial charge in [-0.2, -0.15) is 0 Å². The van der Waals surface area contributed by atoms with E-state index in [1.54, 1.807) is 6.92 Å². The number of nitrogens with one attached hydrogen (secondary N) is 1. The number of carbonyl (C=O) groups is 1. The maximum atomic E-state index is 11.4. The Hall–Kier alpha value is -0.830. The van der Waals surface area contributed by atoms with Crippen molar-refractivity contribution in [3.63, 3.8) is 0 Å². The molecule has 6 nitrogen and oxygen atoms in total. The fourth-order valence-electron chi connectivity index (χ4n) is 4.04. The molecule has 1 N–H and O–H groups in total. The van der Waals surface area contributed by atoms with Gasteiger partial charge in [0.2, 0.25) is 5.91 Å². The van der Waals surface area contributed by atoms with Crippen LogP contribution in [0.5, 0.6) is 0 Å². The Bertz CT molecular complexity index is 494. The number of likely N-dealkylation sites (tertiary alicyclic amines) is 2. The molecule has 0 saturated carbocycles. The molecule has 25 heavy (non-hydrogen) atoms. The van der Waals surface area contributed by atoms with Gasteiger partial charge in [-0.15, -0.1) is 24.0 Å². The lowest BCUT2D eigenvalue weighted by Gasteiger charge is -2.32. The average Bonchev–Trinajstić information content (AvgIpc) is 3.27. The van der Waals surface area contributed by atoms with E-state index in [1.165, 1.54) is 6.42 Å². The third-order valence-corrected chi connectivity index (χ3v) is 5.65. The van der Waals surface area contributed by atoms with E-state index in [0.29, 0.717) is 12.0 Å². The van der Waals surface area contributed by atoms with Gasteiger partial charge in [0, 0.05) is 65.8 Å². The van der Waals surface area contributed by atoms with E-state index in [4.69, 9.17) is 0 Å². The highest BCUT2D eigenvalue weighted by molar-refractivity contribution is 14.0. The Balaban J connectivity index is 0.00000225. The van der Waals surface area contributed by atoms with Crippen LogP contribution in [0.15, 0.2) is 17.1 Å². The van der Waals surface area contributed by atoms with Gasteiger partial charge < -0.3 is 15.1 Å². The van der Waals surface area contributed by atoms with Crippen molar-refractivity contribution in [3.05, 3.63) is 12.2 Å². The molecule has 0 aromatic carbocycles. The van der Waals surface area contributed by atoms with Crippen LogP contribution in [-0.4, -0.2) is 85.5 Å². The second-order valence-corrected chi connectivity index (χ2v) is 7.19. The molecule has 1 amide bonds. The quantitative estimate of drug-likeness (QED) is 0.299. The van der Waals surface area contributed by atoms with Crippen LogP contribution < -0.4 is 5.32 Å². The first-order valence-corrected chi connectivity index (χ1v) is 9.27. The van der Waals surface area contributed by atoms with Crippen LogP contribution in [-0.2, 0) is 4.79 Å². The lowest BCUT2D eigenvalue weighted by atomic mass is 9.97. The van der Waals surface area contributed by atoms with Gasteiger partial charge in [-0.1, -0.05) is 12.2 Å². The van der Waals surface area contributed by atoms with E-state index in [2.05, 4.69) is 32.3 Å². The van der Waals surface area contributed by atoms with Crippen LogP contribution >= 0.6 is 24.0 Å². The summed E-state index contributed by atoms with van der Waals surface area (Å²) in [6.07, 6.45) is 7.93. The highest BCUT2D eigenvalue weighted by atomic mass is 127. The molecule has 2 fully saturated rings. The first kappa shape index (κ1) is 20.5. The van der Waals surface area contributed by atoms with Crippen molar-refractivity contribution in [1.29, 1.82) is 0 Å². The molecule has 0 bridgehead atoms. The van der Waals surface area contributed by atoms with Gasteiger partial charge in [0.25, 0.3) is 0 Å². The zero-order valence-electron chi connectivity index (χ0n) is 15.5. The number of hydrogen-bond donors (Lipinski definition) is 1. The van der Waals surface area contributed by atoms with Crippen molar-refractivity contribution in [2.75, 3.05) is 52.9 Å². The first-order valence-electron chi connectivity index (χ1n) is 9.27. The Labute approximate surface area is 168 Å². The van der Waals surface area contributed by atoms with Gasteiger partial charge in [-0.3, -0.25) is 14.7 Å². The largest absolute Gasteiger partial charge is 0.356 e. The summed E-state index contributed by atoms with van der Waals surface area (Å²) < 4.78 is 0. The second-order valence-electron chi connectivity index (χ2n) is 7.19. The molecule has 0 radical (unpaired) electrons. The van der Waals surface area contributed by atoms with E-state index in [-0.39, 0.29) is 29.9 Å². The third-order valence-electron chi connectivity index (χ3n) is 5.65. The van der Waals surface area contributed by atoms with Gasteiger partial charge in [0.15, 0.2) is 5.96 Å². The van der Waals surface area contributed by atoms with Crippen molar-refractivity contribution in [2.45, 2.75) is 32.2 Å². The maximum Gasteiger partial charge on any atom is 0.219 e. The smallest absolute Gasteiger partial charge is 0.219 e. The standard InChI is InChI=1S/C18H31N5O.HI/c1-15(24)21-10-5-16(6-11-21)13-20-18(19-2)23-12-7-17(14-23)22-8-3-4-9-22;/h3-4,16-17H,5-14H2,1-2H3,(H,19,20);1H. The van der Waals surface area contributed by atoms with Crippen LogP contribution in [0, 0.1) is 5.92 Å². The summed E-state index contributed by atoms with van der Waals surface area (Å²) in [6, 6.07) is 0.650. The minimum Gasteiger partial charge on any atom is -0.356 e. The summed E-state index contributed by atoms with van der Waals surface area (Å²) in [7, 11) is 1.88. The molecule has 0 aliphatic carbocycles. The number of hydrogen-bond acceptors (Lipinski definition) is 3. The monoisotopic (exact) mass is 461 g/mol. The predicted octanol–water partition coefficient (Wildman–Crippen LogP) is 1.38. The van der Waals surface area contributed by atoms with Crippen molar-refractivity contribution in [3.8, 4) is 0 Å². The number of halogens is 1. The maximum absolute atomic E-state index is 11.4. The van der Waals surface area contributed by atoms with Crippen molar-refractivity contribution >= 4 is 35.8 Å². The zero-order chi connectivity index (χ0) is 16.9. The lowest BCUT2D eigenvalue weighted by molar-refractivity contribution is -0.130. The van der Waals surface area contributed by atoms with Gasteiger partial charge in [0.1, 0.15) is 0 Å². The second kappa shape index (κ2) is 9.75. The summed E-state index contributed by atoms with van der Waals surface area (Å²) in [5, 5.41) is 3.57. The van der Waals surface area contributed by atoms with E-state index >= 15 is 0 Å². The highest BCUT2D eigenvalue weighted by Gasteiger charge is 2.30. The zero-order valence-corrected chi connectivity index (χ0v) is 17.8. The topological polar surface area (TPSA) is 51.2 Å². The summed E-state index contributed by atoms with van der Waals surface area (Å²) in [4.78, 5) is 22.8. The number of aliphatic imine (C=N–C) groups is 1. The third kappa shape index (κ3) is 5.32. The predicted molar refractivity (Wildman–Crippen MR) is 112 cm³/mol. The van der Waals surface area contributed by atoms with Gasteiger partial charge in [-0.05, 0) is 25.2 Å². The molecule has 1 unspecified atom stereocenters. The molecule has 0 aromatic heterocycles. The molecule has 0 spiro atoms. The van der Waals surface area contributed by atoms with Gasteiger partial charge >= 0.3 is 0 Å². The molecular formula is C18H32IN5O. The number of guanidine groups is 1. The summed E-state index contributed by atoms with van der Waals surface area (Å²) in [5.41, 5.74) is 0. The number of amides is 1. The van der Waals surface area contributed by atoms with Crippen molar-refractivity contribution in [2.24, 2.45) is 10.9 Å². The Morgan fingerprint density at radius 2 is 1.76 bits per heavy atom. The van der Waals surface area contributed by atoms with E-state index in [0.717, 1.165) is 64.6 Å². The van der Waals surface area contributed by atoms with E-state index < -0.39 is 0 Å². The molecule has 3 aliphatic rings. The van der Waals surface area contributed by atoms with Crippen molar-refractivity contribution < 1.29 is 4.79 Å². The number of carbonyl (C=O) groups excluding carboxylic acids is 1. The van der Waals surface area contributed by atoms with Gasteiger partial charge in [0.05, 0.1) is 0 Å². The summed E-state index contributed by atoms with van der Waals surface area (Å²) in [6.45, 7) is 8.78. The Morgan fingerprint density at radius 1 is 1.12 bits per heavy atom. The molecule has 3 aliphatic heterocycles. The minimum atomic E-state index is 0. The molecule has 0 aromatic rings. The Kier molecular flexibility index (Phi) is 7.99. The highest BCUT2D eigenvalue weighted by Crippen LogP contribution is 2.19. The van der Waals surface area contributed by atoms with Crippen LogP contribution in [0.2, 0.25) is 0 Å². The summed E-state index contributed by atoms with van der Waals surface area (Å²) in [5.74, 6) is 1.88. The molecule has 3 rings (SSSR count). The van der Waals surface area contributed by atoms with Crippen LogP contribution in [0.1, 0.15) is 26.2 Å². The molecule has 2 saturated heterocycles. The molecular weight excluding hydrogens is 429 g/mol. The van der Waals surface area contributed by atoms with Crippen LogP contribution in [0.3, 0.4) is 0 Å². The lowest BCUT2D eigenvalue weighted by Crippen LogP contribution is -2.46. The fourth-order valence-corrected chi connectivity index (χ4v) is 4.04. The van der Waals surface area contributed by atoms with Crippen molar-refractivity contribution in [1.82, 2.24) is 20.0 Å². The normalized spacial score (nSPS) is 25.4. The SMILES string of the molecule is CN=C(NCC1CCN(C(C)=O)CC1)N1CCC(N2CC=CC2)C1.I. The number of rotatable bonds is 3. The summed E-state index contributed by atoms with van der Waals surface area (Å²) >= 11 is 0.